The van der Waals surface area contributed by atoms with Gasteiger partial charge in [-0.3, -0.25) is 4.79 Å². The Balaban J connectivity index is 1.98. The average Bonchev–Trinajstić information content (AvgIpc) is 2.53. The topological polar surface area (TPSA) is 67.4 Å². The van der Waals surface area contributed by atoms with Crippen molar-refractivity contribution < 1.29 is 14.3 Å². The van der Waals surface area contributed by atoms with Gasteiger partial charge in [0, 0.05) is 6.42 Å². The minimum absolute atomic E-state index is 0.108. The monoisotopic (exact) mass is 290 g/mol. The first-order chi connectivity index (χ1) is 10.2. The molecule has 0 radical (unpaired) electrons. The number of carbonyl (C=O) groups is 2. The standard InChI is InChI=1S/C16H22N2O3/c1-21-16(20)15(13-7-3-2-4-8-13)18-14(19)10-12-6-5-9-17-11-12/h2-4,7-8,12,15,17H,5-6,9-11H2,1H3,(H,18,19). The number of ether oxygens (including phenoxy) is 1. The van der Waals surface area contributed by atoms with Crippen molar-refractivity contribution >= 4 is 11.9 Å². The van der Waals surface area contributed by atoms with Gasteiger partial charge >= 0.3 is 5.97 Å². The molecule has 0 aromatic heterocycles. The molecule has 1 aliphatic rings. The van der Waals surface area contributed by atoms with Crippen LogP contribution in [0.2, 0.25) is 0 Å². The van der Waals surface area contributed by atoms with E-state index in [9.17, 15) is 9.59 Å². The average molecular weight is 290 g/mol. The summed E-state index contributed by atoms with van der Waals surface area (Å²) in [7, 11) is 1.33. The molecule has 1 aliphatic heterocycles. The van der Waals surface area contributed by atoms with E-state index in [1.807, 2.05) is 30.3 Å². The molecule has 0 spiro atoms. The maximum atomic E-state index is 12.2. The first kappa shape index (κ1) is 15.5. The summed E-state index contributed by atoms with van der Waals surface area (Å²) in [6.45, 7) is 1.88. The first-order valence-electron chi connectivity index (χ1n) is 7.33. The normalized spacial score (nSPS) is 19.6. The summed E-state index contributed by atoms with van der Waals surface area (Å²) in [4.78, 5) is 24.1. The maximum absolute atomic E-state index is 12.2. The second-order valence-corrected chi connectivity index (χ2v) is 5.35. The predicted octanol–water partition coefficient (Wildman–Crippen LogP) is 1.41. The molecular formula is C16H22N2O3. The SMILES string of the molecule is COC(=O)C(NC(=O)CC1CCCNC1)c1ccccc1. The van der Waals surface area contributed by atoms with Gasteiger partial charge in [0.1, 0.15) is 0 Å². The van der Waals surface area contributed by atoms with Crippen molar-refractivity contribution in [2.24, 2.45) is 5.92 Å². The lowest BCUT2D eigenvalue weighted by molar-refractivity contribution is -0.145. The highest BCUT2D eigenvalue weighted by Gasteiger charge is 2.25. The number of esters is 1. The third kappa shape index (κ3) is 4.56. The van der Waals surface area contributed by atoms with Crippen LogP contribution in [0.25, 0.3) is 0 Å². The minimum Gasteiger partial charge on any atom is -0.467 e. The molecule has 5 nitrogen and oxygen atoms in total. The van der Waals surface area contributed by atoms with Crippen LogP contribution >= 0.6 is 0 Å². The smallest absolute Gasteiger partial charge is 0.333 e. The lowest BCUT2D eigenvalue weighted by Crippen LogP contribution is -2.38. The Labute approximate surface area is 125 Å². The molecular weight excluding hydrogens is 268 g/mol. The highest BCUT2D eigenvalue weighted by Crippen LogP contribution is 2.17. The van der Waals surface area contributed by atoms with E-state index in [1.165, 1.54) is 7.11 Å². The van der Waals surface area contributed by atoms with E-state index in [4.69, 9.17) is 4.74 Å². The molecule has 1 heterocycles. The molecule has 1 aromatic rings. The third-order valence-corrected chi connectivity index (χ3v) is 3.75. The van der Waals surface area contributed by atoms with Crippen molar-refractivity contribution in [1.29, 1.82) is 0 Å². The first-order valence-corrected chi connectivity index (χ1v) is 7.33. The number of carbonyl (C=O) groups excluding carboxylic acids is 2. The number of hydrogen-bond acceptors (Lipinski definition) is 4. The fourth-order valence-electron chi connectivity index (χ4n) is 2.62. The number of benzene rings is 1. The Bertz CT molecular complexity index is 470. The molecule has 0 bridgehead atoms. The number of piperidine rings is 1. The molecule has 2 N–H and O–H groups in total. The lowest BCUT2D eigenvalue weighted by Gasteiger charge is -2.23. The summed E-state index contributed by atoms with van der Waals surface area (Å²) < 4.78 is 4.79. The third-order valence-electron chi connectivity index (χ3n) is 3.75. The number of methoxy groups -OCH3 is 1. The Hall–Kier alpha value is -1.88. The van der Waals surface area contributed by atoms with Gasteiger partial charge in [-0.15, -0.1) is 0 Å². The van der Waals surface area contributed by atoms with Crippen LogP contribution in [0.15, 0.2) is 30.3 Å². The van der Waals surface area contributed by atoms with Crippen molar-refractivity contribution in [3.05, 3.63) is 35.9 Å². The van der Waals surface area contributed by atoms with Gasteiger partial charge in [-0.25, -0.2) is 4.79 Å². The number of hydrogen-bond donors (Lipinski definition) is 2. The fraction of sp³-hybridized carbons (Fsp3) is 0.500. The van der Waals surface area contributed by atoms with E-state index in [0.29, 0.717) is 12.3 Å². The molecule has 21 heavy (non-hydrogen) atoms. The second kappa shape index (κ2) is 7.78. The molecule has 114 valence electrons. The van der Waals surface area contributed by atoms with E-state index in [-0.39, 0.29) is 5.91 Å². The van der Waals surface area contributed by atoms with E-state index in [0.717, 1.165) is 31.5 Å². The van der Waals surface area contributed by atoms with E-state index in [1.54, 1.807) is 0 Å². The molecule has 2 unspecified atom stereocenters. The highest BCUT2D eigenvalue weighted by molar-refractivity contribution is 5.85. The van der Waals surface area contributed by atoms with Gasteiger partial charge in [0.2, 0.25) is 5.91 Å². The van der Waals surface area contributed by atoms with Crippen LogP contribution in [0.4, 0.5) is 0 Å². The molecule has 1 fully saturated rings. The highest BCUT2D eigenvalue weighted by atomic mass is 16.5. The summed E-state index contributed by atoms with van der Waals surface area (Å²) in [6, 6.07) is 8.42. The quantitative estimate of drug-likeness (QED) is 0.805. The van der Waals surface area contributed by atoms with Crippen molar-refractivity contribution in [2.45, 2.75) is 25.3 Å². The Morgan fingerprint density at radius 3 is 2.76 bits per heavy atom. The van der Waals surface area contributed by atoms with Gasteiger partial charge in [-0.1, -0.05) is 30.3 Å². The summed E-state index contributed by atoms with van der Waals surface area (Å²) >= 11 is 0. The van der Waals surface area contributed by atoms with Gasteiger partial charge in [0.05, 0.1) is 7.11 Å². The zero-order valence-electron chi connectivity index (χ0n) is 12.3. The van der Waals surface area contributed by atoms with Gasteiger partial charge < -0.3 is 15.4 Å². The molecule has 1 aromatic carbocycles. The summed E-state index contributed by atoms with van der Waals surface area (Å²) in [5, 5.41) is 6.08. The minimum atomic E-state index is -0.736. The number of nitrogens with one attached hydrogen (secondary N) is 2. The summed E-state index contributed by atoms with van der Waals surface area (Å²) in [6.07, 6.45) is 2.58. The van der Waals surface area contributed by atoms with Crippen LogP contribution in [0.3, 0.4) is 0 Å². The Morgan fingerprint density at radius 2 is 2.14 bits per heavy atom. The Kier molecular flexibility index (Phi) is 5.75. The van der Waals surface area contributed by atoms with Gasteiger partial charge in [0.15, 0.2) is 6.04 Å². The number of amides is 1. The summed E-state index contributed by atoms with van der Waals surface area (Å²) in [5.41, 5.74) is 0.736. The largest absolute Gasteiger partial charge is 0.467 e. The molecule has 2 rings (SSSR count). The van der Waals surface area contributed by atoms with Crippen LogP contribution in [-0.2, 0) is 14.3 Å². The Morgan fingerprint density at radius 1 is 1.38 bits per heavy atom. The molecule has 1 amide bonds. The van der Waals surface area contributed by atoms with Crippen molar-refractivity contribution in [3.63, 3.8) is 0 Å². The predicted molar refractivity (Wildman–Crippen MR) is 79.6 cm³/mol. The molecule has 1 saturated heterocycles. The van der Waals surface area contributed by atoms with E-state index in [2.05, 4.69) is 10.6 Å². The van der Waals surface area contributed by atoms with E-state index >= 15 is 0 Å². The van der Waals surface area contributed by atoms with Gasteiger partial charge in [-0.2, -0.15) is 0 Å². The van der Waals surface area contributed by atoms with Crippen LogP contribution < -0.4 is 10.6 Å². The maximum Gasteiger partial charge on any atom is 0.333 e. The second-order valence-electron chi connectivity index (χ2n) is 5.35. The lowest BCUT2D eigenvalue weighted by atomic mass is 9.95. The fourth-order valence-corrected chi connectivity index (χ4v) is 2.62. The van der Waals surface area contributed by atoms with Gasteiger partial charge in [0.25, 0.3) is 0 Å². The van der Waals surface area contributed by atoms with Crippen molar-refractivity contribution in [2.75, 3.05) is 20.2 Å². The molecule has 0 aliphatic carbocycles. The van der Waals surface area contributed by atoms with Crippen LogP contribution in [0, 0.1) is 5.92 Å². The molecule has 0 saturated carbocycles. The van der Waals surface area contributed by atoms with Crippen molar-refractivity contribution in [3.8, 4) is 0 Å². The summed E-state index contributed by atoms with van der Waals surface area (Å²) in [5.74, 6) is -0.216. The van der Waals surface area contributed by atoms with Crippen LogP contribution in [0.5, 0.6) is 0 Å². The van der Waals surface area contributed by atoms with Crippen molar-refractivity contribution in [1.82, 2.24) is 10.6 Å². The number of rotatable bonds is 5. The van der Waals surface area contributed by atoms with E-state index < -0.39 is 12.0 Å². The van der Waals surface area contributed by atoms with Crippen LogP contribution in [-0.4, -0.2) is 32.1 Å². The van der Waals surface area contributed by atoms with Crippen LogP contribution in [0.1, 0.15) is 30.9 Å². The zero-order chi connectivity index (χ0) is 15.1. The molecule has 2 atom stereocenters. The zero-order valence-corrected chi connectivity index (χ0v) is 12.3. The van der Waals surface area contributed by atoms with Gasteiger partial charge in [-0.05, 0) is 37.4 Å². The molecule has 5 heteroatoms.